The van der Waals surface area contributed by atoms with E-state index in [1.54, 1.807) is 12.1 Å². The summed E-state index contributed by atoms with van der Waals surface area (Å²) < 4.78 is 39.8. The first-order chi connectivity index (χ1) is 8.43. The normalized spacial score (nSPS) is 11.3. The lowest BCUT2D eigenvalue weighted by atomic mass is 10.3. The fourth-order valence-electron chi connectivity index (χ4n) is 1.40. The lowest BCUT2D eigenvalue weighted by Gasteiger charge is -2.09. The van der Waals surface area contributed by atoms with E-state index in [0.717, 1.165) is 0 Å². The molecular weight excluding hydrogens is 313 g/mol. The van der Waals surface area contributed by atoms with Gasteiger partial charge in [0.05, 0.1) is 5.69 Å². The molecule has 4 nitrogen and oxygen atoms in total. The Kier molecular flexibility index (Phi) is 3.09. The van der Waals surface area contributed by atoms with E-state index in [-0.39, 0.29) is 5.69 Å². The number of benzene rings is 1. The molecule has 0 radical (unpaired) electrons. The van der Waals surface area contributed by atoms with Gasteiger partial charge in [-0.25, -0.2) is 4.68 Å². The molecular formula is C10H4BrF3N4. The highest BCUT2D eigenvalue weighted by Gasteiger charge is 2.40. The van der Waals surface area contributed by atoms with Crippen molar-refractivity contribution in [3.63, 3.8) is 0 Å². The molecule has 0 N–H and O–H groups in total. The van der Waals surface area contributed by atoms with Crippen LogP contribution < -0.4 is 0 Å². The summed E-state index contributed by atoms with van der Waals surface area (Å²) in [7, 11) is 0. The highest BCUT2D eigenvalue weighted by atomic mass is 79.9. The van der Waals surface area contributed by atoms with Crippen molar-refractivity contribution < 1.29 is 13.2 Å². The van der Waals surface area contributed by atoms with Gasteiger partial charge < -0.3 is 0 Å². The molecule has 0 aliphatic rings. The quantitative estimate of drug-likeness (QED) is 0.812. The molecule has 0 atom stereocenters. The Morgan fingerprint density at radius 3 is 2.61 bits per heavy atom. The summed E-state index contributed by atoms with van der Waals surface area (Å²) in [5, 5.41) is 15.2. The smallest absolute Gasteiger partial charge is 0.207 e. The van der Waals surface area contributed by atoms with Gasteiger partial charge in [0.1, 0.15) is 6.07 Å². The van der Waals surface area contributed by atoms with Crippen LogP contribution in [0.1, 0.15) is 11.4 Å². The van der Waals surface area contributed by atoms with Crippen LogP contribution in [0, 0.1) is 11.3 Å². The first kappa shape index (κ1) is 12.6. The van der Waals surface area contributed by atoms with Crippen LogP contribution in [0.15, 0.2) is 28.7 Å². The van der Waals surface area contributed by atoms with Gasteiger partial charge in [-0.15, -0.1) is 5.10 Å². The molecule has 0 saturated carbocycles. The lowest BCUT2D eigenvalue weighted by molar-refractivity contribution is -0.143. The molecule has 2 aromatic rings. The molecule has 0 bridgehead atoms. The molecule has 92 valence electrons. The Morgan fingerprint density at radius 1 is 1.33 bits per heavy atom. The molecule has 18 heavy (non-hydrogen) atoms. The summed E-state index contributed by atoms with van der Waals surface area (Å²) in [6.07, 6.45) is -4.70. The molecule has 0 aliphatic heterocycles. The van der Waals surface area contributed by atoms with Crippen LogP contribution in [0.4, 0.5) is 13.2 Å². The third kappa shape index (κ3) is 2.22. The maximum atomic E-state index is 12.9. The van der Waals surface area contributed by atoms with E-state index in [9.17, 15) is 13.2 Å². The number of nitrogens with zero attached hydrogens (tertiary/aromatic N) is 4. The predicted molar refractivity (Wildman–Crippen MR) is 58.8 cm³/mol. The second-order valence-corrected chi connectivity index (χ2v) is 4.20. The summed E-state index contributed by atoms with van der Waals surface area (Å²) >= 11 is 3.15. The summed E-state index contributed by atoms with van der Waals surface area (Å²) in [4.78, 5) is 0. The van der Waals surface area contributed by atoms with Gasteiger partial charge in [0.2, 0.25) is 0 Å². The highest BCUT2D eigenvalue weighted by Crippen LogP contribution is 2.32. The molecule has 1 heterocycles. The molecule has 0 fully saturated rings. The van der Waals surface area contributed by atoms with Gasteiger partial charge in [0.15, 0.2) is 11.4 Å². The van der Waals surface area contributed by atoms with Crippen LogP contribution in [-0.2, 0) is 6.18 Å². The molecule has 0 aliphatic carbocycles. The molecule has 0 spiro atoms. The second kappa shape index (κ2) is 4.42. The fourth-order valence-corrected chi connectivity index (χ4v) is 1.79. The second-order valence-electron chi connectivity index (χ2n) is 3.29. The minimum atomic E-state index is -4.70. The van der Waals surface area contributed by atoms with Gasteiger partial charge in [0.25, 0.3) is 0 Å². The number of halogens is 4. The largest absolute Gasteiger partial charge is 0.436 e. The van der Waals surface area contributed by atoms with Crippen molar-refractivity contribution in [1.29, 1.82) is 5.26 Å². The zero-order valence-corrected chi connectivity index (χ0v) is 10.2. The van der Waals surface area contributed by atoms with Crippen molar-refractivity contribution in [2.24, 2.45) is 0 Å². The molecule has 8 heteroatoms. The monoisotopic (exact) mass is 316 g/mol. The van der Waals surface area contributed by atoms with Crippen LogP contribution in [0.5, 0.6) is 0 Å². The van der Waals surface area contributed by atoms with E-state index in [1.165, 1.54) is 18.2 Å². The lowest BCUT2D eigenvalue weighted by Crippen LogP contribution is -2.14. The Balaban J connectivity index is 2.67. The summed E-state index contributed by atoms with van der Waals surface area (Å²) in [5.74, 6) is 0. The van der Waals surface area contributed by atoms with Crippen LogP contribution in [-0.4, -0.2) is 15.0 Å². The number of nitriles is 1. The third-order valence-electron chi connectivity index (χ3n) is 2.10. The standard InChI is InChI=1S/C10H4BrF3N4/c11-6-2-1-3-7(4-6)18-9(10(12,13)14)8(5-15)16-17-18/h1-4H. The van der Waals surface area contributed by atoms with Gasteiger partial charge in [0, 0.05) is 4.47 Å². The minimum Gasteiger partial charge on any atom is -0.207 e. The first-order valence-corrected chi connectivity index (χ1v) is 5.41. The van der Waals surface area contributed by atoms with E-state index in [4.69, 9.17) is 5.26 Å². The maximum absolute atomic E-state index is 12.9. The zero-order valence-electron chi connectivity index (χ0n) is 8.61. The molecule has 1 aromatic carbocycles. The van der Waals surface area contributed by atoms with E-state index in [0.29, 0.717) is 9.15 Å². The minimum absolute atomic E-state index is 0.172. The maximum Gasteiger partial charge on any atom is 0.436 e. The SMILES string of the molecule is N#Cc1nnn(-c2cccc(Br)c2)c1C(F)(F)F. The number of alkyl halides is 3. The van der Waals surface area contributed by atoms with Crippen molar-refractivity contribution in [2.45, 2.75) is 6.18 Å². The topological polar surface area (TPSA) is 54.5 Å². The highest BCUT2D eigenvalue weighted by molar-refractivity contribution is 9.10. The average molecular weight is 317 g/mol. The molecule has 0 saturated heterocycles. The van der Waals surface area contributed by atoms with Gasteiger partial charge in [-0.3, -0.25) is 0 Å². The van der Waals surface area contributed by atoms with Gasteiger partial charge >= 0.3 is 6.18 Å². The Hall–Kier alpha value is -1.88. The van der Waals surface area contributed by atoms with E-state index in [2.05, 4.69) is 26.2 Å². The number of hydrogen-bond donors (Lipinski definition) is 0. The summed E-state index contributed by atoms with van der Waals surface area (Å²) in [6, 6.07) is 7.50. The van der Waals surface area contributed by atoms with Gasteiger partial charge in [-0.1, -0.05) is 27.2 Å². The predicted octanol–water partition coefficient (Wildman–Crippen LogP) is 2.92. The number of aromatic nitrogens is 3. The summed E-state index contributed by atoms with van der Waals surface area (Å²) in [5.41, 5.74) is -1.75. The number of rotatable bonds is 1. The Bertz CT molecular complexity index is 627. The van der Waals surface area contributed by atoms with E-state index >= 15 is 0 Å². The summed E-state index contributed by atoms with van der Waals surface area (Å²) in [6.45, 7) is 0. The van der Waals surface area contributed by atoms with Crippen LogP contribution in [0.3, 0.4) is 0 Å². The average Bonchev–Trinajstić information content (AvgIpc) is 2.72. The van der Waals surface area contributed by atoms with Crippen molar-refractivity contribution in [3.05, 3.63) is 40.1 Å². The van der Waals surface area contributed by atoms with Crippen LogP contribution >= 0.6 is 15.9 Å². The van der Waals surface area contributed by atoms with E-state index in [1.807, 2.05) is 0 Å². The Morgan fingerprint density at radius 2 is 2.06 bits per heavy atom. The molecule has 1 aromatic heterocycles. The van der Waals surface area contributed by atoms with E-state index < -0.39 is 17.6 Å². The molecule has 0 amide bonds. The first-order valence-electron chi connectivity index (χ1n) is 4.62. The molecule has 2 rings (SSSR count). The van der Waals surface area contributed by atoms with Crippen LogP contribution in [0.25, 0.3) is 5.69 Å². The third-order valence-corrected chi connectivity index (χ3v) is 2.59. The molecule has 0 unspecified atom stereocenters. The van der Waals surface area contributed by atoms with Crippen molar-refractivity contribution in [3.8, 4) is 11.8 Å². The van der Waals surface area contributed by atoms with Crippen molar-refractivity contribution >= 4 is 15.9 Å². The van der Waals surface area contributed by atoms with Crippen molar-refractivity contribution in [2.75, 3.05) is 0 Å². The number of hydrogen-bond acceptors (Lipinski definition) is 3. The zero-order chi connectivity index (χ0) is 13.3. The van der Waals surface area contributed by atoms with Gasteiger partial charge in [-0.2, -0.15) is 18.4 Å². The fraction of sp³-hybridized carbons (Fsp3) is 0.100. The van der Waals surface area contributed by atoms with Gasteiger partial charge in [-0.05, 0) is 18.2 Å². The Labute approximate surface area is 108 Å². The van der Waals surface area contributed by atoms with Crippen molar-refractivity contribution in [1.82, 2.24) is 15.0 Å². The van der Waals surface area contributed by atoms with Crippen LogP contribution in [0.2, 0.25) is 0 Å².